The van der Waals surface area contributed by atoms with Crippen LogP contribution in [0.15, 0.2) is 42.5 Å². The molecule has 0 spiro atoms. The summed E-state index contributed by atoms with van der Waals surface area (Å²) in [4.78, 5) is 26.1. The minimum absolute atomic E-state index is 0.0488. The van der Waals surface area contributed by atoms with Gasteiger partial charge in [-0.05, 0) is 41.7 Å². The molecule has 0 unspecified atom stereocenters. The number of hydrogen-bond donors (Lipinski definition) is 2. The van der Waals surface area contributed by atoms with Crippen molar-refractivity contribution in [1.82, 2.24) is 5.32 Å². The molecule has 2 aromatic carbocycles. The number of carbonyl (C=O) groups is 2. The molecule has 4 rings (SSSR count). The highest BCUT2D eigenvalue weighted by molar-refractivity contribution is 5.98. The van der Waals surface area contributed by atoms with E-state index in [0.29, 0.717) is 38.2 Å². The number of anilines is 1. The molecular weight excluding hydrogens is 408 g/mol. The van der Waals surface area contributed by atoms with Gasteiger partial charge in [0.2, 0.25) is 5.91 Å². The van der Waals surface area contributed by atoms with Crippen molar-refractivity contribution in [3.05, 3.63) is 48.0 Å². The van der Waals surface area contributed by atoms with Crippen LogP contribution >= 0.6 is 0 Å². The second kappa shape index (κ2) is 8.99. The van der Waals surface area contributed by atoms with Gasteiger partial charge in [0.05, 0.1) is 17.3 Å². The third-order valence-electron chi connectivity index (χ3n) is 6.07. The molecule has 1 fully saturated rings. The van der Waals surface area contributed by atoms with Gasteiger partial charge in [-0.2, -0.15) is 5.26 Å². The SMILES string of the molecule is CN1C(=O)COc2ccc(-c3ccc(C[C@@H](C#N)NC(=O)C4(N)CCOCC4)cc3)cc21. The average molecular weight is 434 g/mol. The van der Waals surface area contributed by atoms with Crippen LogP contribution in [0.25, 0.3) is 11.1 Å². The Morgan fingerprint density at radius 2 is 1.91 bits per heavy atom. The molecule has 166 valence electrons. The minimum Gasteiger partial charge on any atom is -0.482 e. The molecular formula is C24H26N4O4. The highest BCUT2D eigenvalue weighted by atomic mass is 16.5. The number of likely N-dealkylation sites (N-methyl/N-ethyl adjacent to an activating group) is 1. The zero-order valence-electron chi connectivity index (χ0n) is 18.0. The van der Waals surface area contributed by atoms with E-state index in [4.69, 9.17) is 15.2 Å². The maximum atomic E-state index is 12.6. The zero-order chi connectivity index (χ0) is 22.7. The van der Waals surface area contributed by atoms with Crippen molar-refractivity contribution in [3.8, 4) is 22.9 Å². The molecule has 0 aliphatic carbocycles. The van der Waals surface area contributed by atoms with Crippen LogP contribution in [0.1, 0.15) is 18.4 Å². The first kappa shape index (κ1) is 21.8. The lowest BCUT2D eigenvalue weighted by Gasteiger charge is -2.32. The lowest BCUT2D eigenvalue weighted by molar-refractivity contribution is -0.130. The van der Waals surface area contributed by atoms with Crippen molar-refractivity contribution in [1.29, 1.82) is 5.26 Å². The average Bonchev–Trinajstić information content (AvgIpc) is 2.82. The molecule has 3 N–H and O–H groups in total. The number of benzene rings is 2. The van der Waals surface area contributed by atoms with Gasteiger partial charge in [0.25, 0.3) is 5.91 Å². The smallest absolute Gasteiger partial charge is 0.264 e. The molecule has 1 saturated heterocycles. The maximum absolute atomic E-state index is 12.6. The number of rotatable bonds is 5. The van der Waals surface area contributed by atoms with Crippen LogP contribution in [-0.4, -0.2) is 50.3 Å². The van der Waals surface area contributed by atoms with Gasteiger partial charge in [0.1, 0.15) is 11.8 Å². The summed E-state index contributed by atoms with van der Waals surface area (Å²) in [5.41, 5.74) is 8.82. The number of nitriles is 1. The molecule has 2 amide bonds. The summed E-state index contributed by atoms with van der Waals surface area (Å²) < 4.78 is 10.8. The van der Waals surface area contributed by atoms with E-state index in [9.17, 15) is 14.9 Å². The highest BCUT2D eigenvalue weighted by Crippen LogP contribution is 2.35. The molecule has 2 aromatic rings. The fraction of sp³-hybridized carbons (Fsp3) is 0.375. The van der Waals surface area contributed by atoms with Gasteiger partial charge in [0, 0.05) is 26.7 Å². The van der Waals surface area contributed by atoms with E-state index in [2.05, 4.69) is 11.4 Å². The Morgan fingerprint density at radius 3 is 2.59 bits per heavy atom. The number of fused-ring (bicyclic) bond motifs is 1. The molecule has 2 aliphatic heterocycles. The Kier molecular flexibility index (Phi) is 6.12. The van der Waals surface area contributed by atoms with Crippen LogP contribution in [0.3, 0.4) is 0 Å². The Bertz CT molecular complexity index is 1050. The largest absolute Gasteiger partial charge is 0.482 e. The summed E-state index contributed by atoms with van der Waals surface area (Å²) in [6.45, 7) is 0.940. The van der Waals surface area contributed by atoms with Gasteiger partial charge in [-0.3, -0.25) is 9.59 Å². The third kappa shape index (κ3) is 4.44. The number of hydrogen-bond acceptors (Lipinski definition) is 6. The Morgan fingerprint density at radius 1 is 1.22 bits per heavy atom. The summed E-state index contributed by atoms with van der Waals surface area (Å²) in [5, 5.41) is 12.3. The topological polar surface area (TPSA) is 118 Å². The van der Waals surface area contributed by atoms with Gasteiger partial charge < -0.3 is 25.4 Å². The van der Waals surface area contributed by atoms with E-state index in [1.165, 1.54) is 0 Å². The van der Waals surface area contributed by atoms with Crippen LogP contribution in [0.5, 0.6) is 5.75 Å². The van der Waals surface area contributed by atoms with Crippen molar-refractivity contribution in [2.75, 3.05) is 31.8 Å². The quantitative estimate of drug-likeness (QED) is 0.741. The molecule has 8 nitrogen and oxygen atoms in total. The van der Waals surface area contributed by atoms with Crippen LogP contribution in [0.4, 0.5) is 5.69 Å². The van der Waals surface area contributed by atoms with Crippen molar-refractivity contribution in [2.45, 2.75) is 30.8 Å². The standard InChI is InChI=1S/C24H26N4O4/c1-28-20-13-18(6-7-21(20)32-15-22(28)29)17-4-2-16(3-5-17)12-19(14-25)27-23(30)24(26)8-10-31-11-9-24/h2-7,13,19H,8-12,15,26H2,1H3,(H,27,30)/t19-/m0/s1. The maximum Gasteiger partial charge on any atom is 0.264 e. The van der Waals surface area contributed by atoms with Gasteiger partial charge >= 0.3 is 0 Å². The first-order chi connectivity index (χ1) is 15.4. The number of amides is 2. The van der Waals surface area contributed by atoms with Crippen molar-refractivity contribution in [3.63, 3.8) is 0 Å². The first-order valence-electron chi connectivity index (χ1n) is 10.6. The van der Waals surface area contributed by atoms with E-state index in [1.807, 2.05) is 42.5 Å². The molecule has 1 atom stereocenters. The van der Waals surface area contributed by atoms with Crippen molar-refractivity contribution < 1.29 is 19.1 Å². The molecule has 8 heteroatoms. The summed E-state index contributed by atoms with van der Waals surface area (Å²) in [5.74, 6) is 0.288. The summed E-state index contributed by atoms with van der Waals surface area (Å²) in [6, 6.07) is 15.0. The normalized spacial score (nSPS) is 18.2. The van der Waals surface area contributed by atoms with Gasteiger partial charge in [-0.1, -0.05) is 30.3 Å². The lowest BCUT2D eigenvalue weighted by Crippen LogP contribution is -2.58. The monoisotopic (exact) mass is 434 g/mol. The van der Waals surface area contributed by atoms with Crippen molar-refractivity contribution in [2.24, 2.45) is 5.73 Å². The zero-order valence-corrected chi connectivity index (χ0v) is 18.0. The second-order valence-electron chi connectivity index (χ2n) is 8.25. The Balaban J connectivity index is 1.44. The van der Waals surface area contributed by atoms with Crippen molar-refractivity contribution >= 4 is 17.5 Å². The summed E-state index contributed by atoms with van der Waals surface area (Å²) in [7, 11) is 1.73. The van der Waals surface area contributed by atoms with Gasteiger partial charge in [-0.25, -0.2) is 0 Å². The molecule has 2 aliphatic rings. The van der Waals surface area contributed by atoms with Crippen LogP contribution in [-0.2, 0) is 20.7 Å². The van der Waals surface area contributed by atoms with E-state index in [1.54, 1.807) is 11.9 Å². The summed E-state index contributed by atoms with van der Waals surface area (Å²) in [6.07, 6.45) is 1.26. The predicted octanol–water partition coefficient (Wildman–Crippen LogP) is 1.77. The molecule has 0 saturated carbocycles. The van der Waals surface area contributed by atoms with Gasteiger partial charge in [0.15, 0.2) is 6.61 Å². The van der Waals surface area contributed by atoms with E-state index in [0.717, 1.165) is 22.4 Å². The molecule has 2 heterocycles. The Hall–Kier alpha value is -3.41. The summed E-state index contributed by atoms with van der Waals surface area (Å²) >= 11 is 0. The number of ether oxygens (including phenoxy) is 2. The Labute approximate surface area is 186 Å². The van der Waals surface area contributed by atoms with Crippen LogP contribution < -0.4 is 20.7 Å². The number of nitrogens with zero attached hydrogens (tertiary/aromatic N) is 2. The fourth-order valence-electron chi connectivity index (χ4n) is 3.91. The third-order valence-corrected chi connectivity index (χ3v) is 6.07. The number of carbonyl (C=O) groups excluding carboxylic acids is 2. The first-order valence-corrected chi connectivity index (χ1v) is 10.6. The van der Waals surface area contributed by atoms with Gasteiger partial charge in [-0.15, -0.1) is 0 Å². The molecule has 0 bridgehead atoms. The highest BCUT2D eigenvalue weighted by Gasteiger charge is 2.36. The number of nitrogens with one attached hydrogen (secondary N) is 1. The van der Waals surface area contributed by atoms with E-state index >= 15 is 0 Å². The van der Waals surface area contributed by atoms with Crippen LogP contribution in [0.2, 0.25) is 0 Å². The molecule has 0 radical (unpaired) electrons. The lowest BCUT2D eigenvalue weighted by atomic mass is 9.90. The minimum atomic E-state index is -0.984. The second-order valence-corrected chi connectivity index (χ2v) is 8.25. The van der Waals surface area contributed by atoms with Crippen LogP contribution in [0, 0.1) is 11.3 Å². The fourth-order valence-corrected chi connectivity index (χ4v) is 3.91. The number of nitrogens with two attached hydrogens (primary N) is 1. The molecule has 32 heavy (non-hydrogen) atoms. The predicted molar refractivity (Wildman–Crippen MR) is 119 cm³/mol. The van der Waals surface area contributed by atoms with E-state index < -0.39 is 11.6 Å². The van der Waals surface area contributed by atoms with E-state index in [-0.39, 0.29) is 18.4 Å². The molecule has 0 aromatic heterocycles.